The lowest BCUT2D eigenvalue weighted by Crippen LogP contribution is -2.26. The van der Waals surface area contributed by atoms with Crippen molar-refractivity contribution in [3.05, 3.63) is 82.3 Å². The van der Waals surface area contributed by atoms with Gasteiger partial charge in [0, 0.05) is 5.02 Å². The number of anilines is 2. The van der Waals surface area contributed by atoms with Gasteiger partial charge in [-0.2, -0.15) is 0 Å². The van der Waals surface area contributed by atoms with Crippen LogP contribution in [0.2, 0.25) is 10.0 Å². The largest absolute Gasteiger partial charge is 0.497 e. The van der Waals surface area contributed by atoms with Crippen LogP contribution in [0, 0.1) is 0 Å². The number of nitrogens with zero attached hydrogens (tertiary/aromatic N) is 2. The van der Waals surface area contributed by atoms with Crippen molar-refractivity contribution in [2.24, 2.45) is 0 Å². The second-order valence-electron chi connectivity index (χ2n) is 5.93. The highest BCUT2D eigenvalue weighted by Crippen LogP contribution is 2.36. The molecule has 0 aliphatic carbocycles. The maximum atomic E-state index is 13.4. The van der Waals surface area contributed by atoms with E-state index in [1.807, 2.05) is 36.4 Å². The van der Waals surface area contributed by atoms with Gasteiger partial charge in [0.05, 0.1) is 33.6 Å². The third-order valence-electron chi connectivity index (χ3n) is 4.17. The number of methoxy groups -OCH3 is 1. The molecule has 0 aliphatic heterocycles. The minimum absolute atomic E-state index is 0.286. The van der Waals surface area contributed by atoms with Crippen molar-refractivity contribution >= 4 is 61.5 Å². The predicted molar refractivity (Wildman–Crippen MR) is 116 cm³/mol. The smallest absolute Gasteiger partial charge is 0.266 e. The fourth-order valence-corrected chi connectivity index (χ4v) is 4.26. The standard InChI is InChI=1S/C21H14Cl2N2O2S/c1-27-15-9-7-14(8-10-15)25(20(26)16-11-6-13(22)12-17(16)23)21-24-18-4-2-3-5-19(18)28-21/h2-12H,1H3. The lowest BCUT2D eigenvalue weighted by Gasteiger charge is -2.21. The molecule has 0 saturated carbocycles. The highest BCUT2D eigenvalue weighted by molar-refractivity contribution is 7.22. The number of carbonyl (C=O) groups excluding carboxylic acids is 1. The zero-order chi connectivity index (χ0) is 19.7. The van der Waals surface area contributed by atoms with Crippen molar-refractivity contribution in [3.63, 3.8) is 0 Å². The van der Waals surface area contributed by atoms with E-state index in [9.17, 15) is 4.79 Å². The quantitative estimate of drug-likeness (QED) is 0.368. The predicted octanol–water partition coefficient (Wildman–Crippen LogP) is 6.59. The summed E-state index contributed by atoms with van der Waals surface area (Å²) in [5.74, 6) is 0.413. The average molecular weight is 429 g/mol. The van der Waals surface area contributed by atoms with Crippen molar-refractivity contribution in [3.8, 4) is 5.75 Å². The summed E-state index contributed by atoms with van der Waals surface area (Å²) in [4.78, 5) is 19.6. The molecule has 1 heterocycles. The Morgan fingerprint density at radius 2 is 1.79 bits per heavy atom. The molecule has 0 N–H and O–H groups in total. The molecule has 0 aliphatic rings. The summed E-state index contributed by atoms with van der Waals surface area (Å²) in [6, 6.07) is 19.8. The number of fused-ring (bicyclic) bond motifs is 1. The van der Waals surface area contributed by atoms with Gasteiger partial charge in [-0.05, 0) is 54.6 Å². The molecule has 1 amide bonds. The van der Waals surface area contributed by atoms with E-state index >= 15 is 0 Å². The number of aromatic nitrogens is 1. The van der Waals surface area contributed by atoms with Gasteiger partial charge in [0.15, 0.2) is 5.13 Å². The normalized spacial score (nSPS) is 10.8. The van der Waals surface area contributed by atoms with Gasteiger partial charge in [0.25, 0.3) is 5.91 Å². The topological polar surface area (TPSA) is 42.4 Å². The molecular formula is C21H14Cl2N2O2S. The number of amides is 1. The van der Waals surface area contributed by atoms with Crippen LogP contribution in [0.5, 0.6) is 5.75 Å². The molecule has 4 aromatic rings. The van der Waals surface area contributed by atoms with Crippen LogP contribution >= 0.6 is 34.5 Å². The summed E-state index contributed by atoms with van der Waals surface area (Å²) in [7, 11) is 1.60. The summed E-state index contributed by atoms with van der Waals surface area (Å²) in [5, 5.41) is 1.32. The average Bonchev–Trinajstić information content (AvgIpc) is 3.12. The Bertz CT molecular complexity index is 1130. The van der Waals surface area contributed by atoms with Crippen molar-refractivity contribution in [2.75, 3.05) is 12.0 Å². The number of hydrogen-bond donors (Lipinski definition) is 0. The van der Waals surface area contributed by atoms with Gasteiger partial charge in [-0.3, -0.25) is 9.69 Å². The van der Waals surface area contributed by atoms with E-state index in [0.717, 1.165) is 10.2 Å². The number of para-hydroxylation sites is 1. The molecule has 3 aromatic carbocycles. The Balaban J connectivity index is 1.85. The van der Waals surface area contributed by atoms with Gasteiger partial charge in [-0.15, -0.1) is 0 Å². The molecule has 4 rings (SSSR count). The van der Waals surface area contributed by atoms with Gasteiger partial charge in [0.1, 0.15) is 5.75 Å². The summed E-state index contributed by atoms with van der Waals surface area (Å²) < 4.78 is 6.22. The lowest BCUT2D eigenvalue weighted by molar-refractivity contribution is 0.0999. The number of ether oxygens (including phenoxy) is 1. The Hall–Kier alpha value is -2.60. The maximum absolute atomic E-state index is 13.4. The van der Waals surface area contributed by atoms with E-state index in [-0.39, 0.29) is 10.9 Å². The summed E-state index contributed by atoms with van der Waals surface area (Å²) in [6.45, 7) is 0. The number of carbonyl (C=O) groups is 1. The molecule has 0 radical (unpaired) electrons. The number of thiazole rings is 1. The van der Waals surface area contributed by atoms with Gasteiger partial charge >= 0.3 is 0 Å². The third-order valence-corrected chi connectivity index (χ3v) is 5.74. The van der Waals surface area contributed by atoms with E-state index in [1.165, 1.54) is 11.3 Å². The SMILES string of the molecule is COc1ccc(N(C(=O)c2ccc(Cl)cc2Cl)c2nc3ccccc3s2)cc1. The van der Waals surface area contributed by atoms with Gasteiger partial charge in [-0.1, -0.05) is 46.7 Å². The lowest BCUT2D eigenvalue weighted by atomic mass is 10.2. The van der Waals surface area contributed by atoms with Crippen molar-refractivity contribution in [2.45, 2.75) is 0 Å². The highest BCUT2D eigenvalue weighted by Gasteiger charge is 2.25. The number of rotatable bonds is 4. The number of benzene rings is 3. The fraction of sp³-hybridized carbons (Fsp3) is 0.0476. The van der Waals surface area contributed by atoms with Crippen LogP contribution in [-0.4, -0.2) is 18.0 Å². The molecule has 0 bridgehead atoms. The molecule has 0 saturated heterocycles. The van der Waals surface area contributed by atoms with E-state index in [1.54, 1.807) is 42.3 Å². The van der Waals surface area contributed by atoms with Crippen LogP contribution in [0.1, 0.15) is 10.4 Å². The summed E-state index contributed by atoms with van der Waals surface area (Å²) >= 11 is 13.7. The minimum Gasteiger partial charge on any atom is -0.497 e. The first-order valence-corrected chi connectivity index (χ1v) is 9.93. The summed E-state index contributed by atoms with van der Waals surface area (Å²) in [6.07, 6.45) is 0. The van der Waals surface area contributed by atoms with E-state index in [0.29, 0.717) is 27.2 Å². The molecular weight excluding hydrogens is 415 g/mol. The molecule has 7 heteroatoms. The molecule has 4 nitrogen and oxygen atoms in total. The van der Waals surface area contributed by atoms with Gasteiger partial charge in [-0.25, -0.2) is 4.98 Å². The molecule has 0 spiro atoms. The second kappa shape index (κ2) is 7.80. The third kappa shape index (κ3) is 3.56. The summed E-state index contributed by atoms with van der Waals surface area (Å²) in [5.41, 5.74) is 1.84. The van der Waals surface area contributed by atoms with Crippen LogP contribution in [0.25, 0.3) is 10.2 Å². The van der Waals surface area contributed by atoms with Gasteiger partial charge in [0.2, 0.25) is 0 Å². The molecule has 0 unspecified atom stereocenters. The zero-order valence-corrected chi connectivity index (χ0v) is 17.1. The number of hydrogen-bond acceptors (Lipinski definition) is 4. The van der Waals surface area contributed by atoms with E-state index < -0.39 is 0 Å². The van der Waals surface area contributed by atoms with Crippen LogP contribution < -0.4 is 9.64 Å². The number of halogens is 2. The molecule has 28 heavy (non-hydrogen) atoms. The van der Waals surface area contributed by atoms with Crippen LogP contribution in [0.3, 0.4) is 0 Å². The Morgan fingerprint density at radius 3 is 2.46 bits per heavy atom. The van der Waals surface area contributed by atoms with Crippen molar-refractivity contribution < 1.29 is 9.53 Å². The molecule has 0 fully saturated rings. The van der Waals surface area contributed by atoms with E-state index in [4.69, 9.17) is 27.9 Å². The van der Waals surface area contributed by atoms with Crippen LogP contribution in [0.4, 0.5) is 10.8 Å². The van der Waals surface area contributed by atoms with Gasteiger partial charge < -0.3 is 4.74 Å². The monoisotopic (exact) mass is 428 g/mol. The Morgan fingerprint density at radius 1 is 1.04 bits per heavy atom. The first kappa shape index (κ1) is 18.7. The van der Waals surface area contributed by atoms with Crippen LogP contribution in [-0.2, 0) is 0 Å². The Labute approximate surface area is 175 Å². The highest BCUT2D eigenvalue weighted by atomic mass is 35.5. The fourth-order valence-electron chi connectivity index (χ4n) is 2.78. The molecule has 140 valence electrons. The van der Waals surface area contributed by atoms with Crippen molar-refractivity contribution in [1.29, 1.82) is 0 Å². The van der Waals surface area contributed by atoms with Crippen LogP contribution in [0.15, 0.2) is 66.7 Å². The first-order valence-electron chi connectivity index (χ1n) is 8.36. The minimum atomic E-state index is -0.286. The molecule has 1 aromatic heterocycles. The van der Waals surface area contributed by atoms with E-state index in [2.05, 4.69) is 4.98 Å². The zero-order valence-electron chi connectivity index (χ0n) is 14.7. The van der Waals surface area contributed by atoms with Crippen molar-refractivity contribution in [1.82, 2.24) is 4.98 Å². The molecule has 0 atom stereocenters. The first-order chi connectivity index (χ1) is 13.6. The Kier molecular flexibility index (Phi) is 5.22. The maximum Gasteiger partial charge on any atom is 0.266 e. The second-order valence-corrected chi connectivity index (χ2v) is 7.78.